The summed E-state index contributed by atoms with van der Waals surface area (Å²) in [6.07, 6.45) is 4.44. The zero-order valence-corrected chi connectivity index (χ0v) is 12.9. The zero-order valence-electron chi connectivity index (χ0n) is 12.9. The van der Waals surface area contributed by atoms with Crippen molar-refractivity contribution in [2.24, 2.45) is 5.92 Å². The number of ether oxygens (including phenoxy) is 1. The van der Waals surface area contributed by atoms with E-state index in [4.69, 9.17) is 4.74 Å². The second-order valence-corrected chi connectivity index (χ2v) is 5.88. The maximum atomic E-state index is 5.80. The number of para-hydroxylation sites is 1. The number of nitrogens with zero attached hydrogens (tertiary/aromatic N) is 1. The Labute approximate surface area is 126 Å². The molecule has 0 spiro atoms. The molecule has 0 aliphatic carbocycles. The van der Waals surface area contributed by atoms with E-state index in [0.29, 0.717) is 18.1 Å². The van der Waals surface area contributed by atoms with Crippen molar-refractivity contribution in [2.45, 2.75) is 38.8 Å². The van der Waals surface area contributed by atoms with E-state index in [1.807, 2.05) is 12.3 Å². The first-order valence-corrected chi connectivity index (χ1v) is 8.00. The molecule has 2 heterocycles. The van der Waals surface area contributed by atoms with Gasteiger partial charge in [-0.2, -0.15) is 0 Å². The zero-order chi connectivity index (χ0) is 14.7. The Bertz CT molecular complexity index is 593. The molecule has 21 heavy (non-hydrogen) atoms. The normalized spacial score (nSPS) is 23.5. The van der Waals surface area contributed by atoms with Gasteiger partial charge in [-0.25, -0.2) is 0 Å². The first kappa shape index (κ1) is 14.5. The number of aromatic nitrogens is 1. The summed E-state index contributed by atoms with van der Waals surface area (Å²) >= 11 is 0. The number of fused-ring (bicyclic) bond motifs is 1. The third kappa shape index (κ3) is 2.94. The molecule has 3 unspecified atom stereocenters. The highest BCUT2D eigenvalue weighted by Gasteiger charge is 2.33. The summed E-state index contributed by atoms with van der Waals surface area (Å²) in [6, 6.07) is 11.0. The van der Waals surface area contributed by atoms with Gasteiger partial charge in [0, 0.05) is 30.1 Å². The van der Waals surface area contributed by atoms with Gasteiger partial charge in [-0.15, -0.1) is 0 Å². The lowest BCUT2D eigenvalue weighted by molar-refractivity contribution is 0.0955. The van der Waals surface area contributed by atoms with Gasteiger partial charge in [0.2, 0.25) is 0 Å². The quantitative estimate of drug-likeness (QED) is 0.909. The molecule has 3 rings (SSSR count). The van der Waals surface area contributed by atoms with Gasteiger partial charge < -0.3 is 10.1 Å². The van der Waals surface area contributed by atoms with Gasteiger partial charge in [-0.05, 0) is 37.9 Å². The van der Waals surface area contributed by atoms with Gasteiger partial charge in [-0.3, -0.25) is 4.98 Å². The third-order valence-corrected chi connectivity index (χ3v) is 4.48. The van der Waals surface area contributed by atoms with Crippen molar-refractivity contribution in [1.82, 2.24) is 10.3 Å². The minimum absolute atomic E-state index is 0.304. The lowest BCUT2D eigenvalue weighted by atomic mass is 9.87. The van der Waals surface area contributed by atoms with Gasteiger partial charge in [0.05, 0.1) is 11.6 Å². The molecule has 1 aliphatic heterocycles. The molecule has 112 valence electrons. The second-order valence-electron chi connectivity index (χ2n) is 5.88. The van der Waals surface area contributed by atoms with Crippen molar-refractivity contribution >= 4 is 10.9 Å². The highest BCUT2D eigenvalue weighted by atomic mass is 16.5. The van der Waals surface area contributed by atoms with E-state index in [0.717, 1.165) is 31.5 Å². The maximum Gasteiger partial charge on any atom is 0.0749 e. The average Bonchev–Trinajstić information content (AvgIpc) is 2.94. The van der Waals surface area contributed by atoms with E-state index in [9.17, 15) is 0 Å². The van der Waals surface area contributed by atoms with Crippen LogP contribution in [-0.4, -0.2) is 24.2 Å². The van der Waals surface area contributed by atoms with Gasteiger partial charge in [0.1, 0.15) is 0 Å². The van der Waals surface area contributed by atoms with Crippen LogP contribution < -0.4 is 5.32 Å². The Morgan fingerprint density at radius 2 is 2.19 bits per heavy atom. The molecule has 1 saturated heterocycles. The maximum absolute atomic E-state index is 5.80. The van der Waals surface area contributed by atoms with Crippen LogP contribution in [0.3, 0.4) is 0 Å². The van der Waals surface area contributed by atoms with Crippen molar-refractivity contribution in [2.75, 3.05) is 13.2 Å². The molecule has 2 aromatic rings. The molecule has 0 radical (unpaired) electrons. The fraction of sp³-hybridized carbons (Fsp3) is 0.500. The summed E-state index contributed by atoms with van der Waals surface area (Å²) in [6.45, 7) is 6.29. The first-order chi connectivity index (χ1) is 10.3. The molecule has 1 fully saturated rings. The van der Waals surface area contributed by atoms with Crippen LogP contribution in [0.2, 0.25) is 0 Å². The van der Waals surface area contributed by atoms with Crippen molar-refractivity contribution in [1.29, 1.82) is 0 Å². The van der Waals surface area contributed by atoms with Gasteiger partial charge in [0.15, 0.2) is 0 Å². The molecule has 0 saturated carbocycles. The number of rotatable bonds is 5. The Morgan fingerprint density at radius 1 is 1.33 bits per heavy atom. The Kier molecular flexibility index (Phi) is 4.51. The van der Waals surface area contributed by atoms with Crippen LogP contribution in [0.5, 0.6) is 0 Å². The molecule has 3 nitrogen and oxygen atoms in total. The van der Waals surface area contributed by atoms with Crippen molar-refractivity contribution < 1.29 is 4.74 Å². The highest BCUT2D eigenvalue weighted by Crippen LogP contribution is 2.35. The predicted molar refractivity (Wildman–Crippen MR) is 86.3 cm³/mol. The molecule has 0 amide bonds. The molecule has 1 aromatic heterocycles. The van der Waals surface area contributed by atoms with E-state index in [1.54, 1.807) is 0 Å². The first-order valence-electron chi connectivity index (χ1n) is 8.00. The minimum atomic E-state index is 0.304. The van der Waals surface area contributed by atoms with Crippen LogP contribution in [0.1, 0.15) is 38.3 Å². The molecular weight excluding hydrogens is 260 g/mol. The molecule has 1 aromatic carbocycles. The van der Waals surface area contributed by atoms with Crippen LogP contribution >= 0.6 is 0 Å². The van der Waals surface area contributed by atoms with Gasteiger partial charge in [0.25, 0.3) is 0 Å². The predicted octanol–water partition coefficient (Wildman–Crippen LogP) is 3.70. The summed E-state index contributed by atoms with van der Waals surface area (Å²) in [5, 5.41) is 4.94. The molecule has 3 heteroatoms. The fourth-order valence-electron chi connectivity index (χ4n) is 3.36. The Balaban J connectivity index is 2.01. The van der Waals surface area contributed by atoms with Crippen LogP contribution in [0.25, 0.3) is 10.9 Å². The number of benzene rings is 1. The summed E-state index contributed by atoms with van der Waals surface area (Å²) in [7, 11) is 0. The lowest BCUT2D eigenvalue weighted by Gasteiger charge is -2.28. The van der Waals surface area contributed by atoms with Crippen molar-refractivity contribution in [3.8, 4) is 0 Å². The standard InChI is InChI=1S/C18H24N2O/c1-3-10-19-18(15-9-12-21-13(15)2)16-8-4-6-14-7-5-11-20-17(14)16/h4-8,11,13,15,18-19H,3,9-10,12H2,1-2H3. The second kappa shape index (κ2) is 6.54. The number of hydrogen-bond donors (Lipinski definition) is 1. The monoisotopic (exact) mass is 284 g/mol. The Morgan fingerprint density at radius 3 is 2.95 bits per heavy atom. The summed E-state index contributed by atoms with van der Waals surface area (Å²) < 4.78 is 5.80. The highest BCUT2D eigenvalue weighted by molar-refractivity contribution is 5.82. The van der Waals surface area contributed by atoms with Crippen LogP contribution in [0.15, 0.2) is 36.5 Å². The molecule has 1 aliphatic rings. The molecule has 3 atom stereocenters. The molecular formula is C18H24N2O. The third-order valence-electron chi connectivity index (χ3n) is 4.48. The largest absolute Gasteiger partial charge is 0.378 e. The Hall–Kier alpha value is -1.45. The van der Waals surface area contributed by atoms with E-state index < -0.39 is 0 Å². The van der Waals surface area contributed by atoms with E-state index >= 15 is 0 Å². The van der Waals surface area contributed by atoms with Crippen LogP contribution in [-0.2, 0) is 4.74 Å². The number of nitrogens with one attached hydrogen (secondary N) is 1. The molecule has 1 N–H and O–H groups in total. The van der Waals surface area contributed by atoms with Gasteiger partial charge >= 0.3 is 0 Å². The number of hydrogen-bond acceptors (Lipinski definition) is 3. The summed E-state index contributed by atoms with van der Waals surface area (Å²) in [5.74, 6) is 0.518. The SMILES string of the molecule is CCCNC(c1cccc2cccnc12)C1CCOC1C. The topological polar surface area (TPSA) is 34.2 Å². The number of pyridine rings is 1. The van der Waals surface area contributed by atoms with Crippen LogP contribution in [0, 0.1) is 5.92 Å². The summed E-state index contributed by atoms with van der Waals surface area (Å²) in [5.41, 5.74) is 2.43. The van der Waals surface area contributed by atoms with Crippen molar-refractivity contribution in [3.63, 3.8) is 0 Å². The average molecular weight is 284 g/mol. The van der Waals surface area contributed by atoms with Gasteiger partial charge in [-0.1, -0.05) is 31.2 Å². The van der Waals surface area contributed by atoms with E-state index in [1.165, 1.54) is 10.9 Å². The smallest absolute Gasteiger partial charge is 0.0749 e. The van der Waals surface area contributed by atoms with Crippen molar-refractivity contribution in [3.05, 3.63) is 42.1 Å². The fourth-order valence-corrected chi connectivity index (χ4v) is 3.36. The van der Waals surface area contributed by atoms with E-state index in [-0.39, 0.29) is 0 Å². The van der Waals surface area contributed by atoms with Crippen LogP contribution in [0.4, 0.5) is 0 Å². The van der Waals surface area contributed by atoms with E-state index in [2.05, 4.69) is 48.4 Å². The molecule has 0 bridgehead atoms. The summed E-state index contributed by atoms with van der Waals surface area (Å²) in [4.78, 5) is 4.63. The minimum Gasteiger partial charge on any atom is -0.378 e. The lowest BCUT2D eigenvalue weighted by Crippen LogP contribution is -2.32.